The number of nitrogens with zero attached hydrogens (tertiary/aromatic N) is 1. The van der Waals surface area contributed by atoms with Gasteiger partial charge in [-0.1, -0.05) is 12.1 Å². The molecule has 3 aliphatic rings. The molecule has 1 saturated carbocycles. The normalized spacial score (nSPS) is 23.2. The van der Waals surface area contributed by atoms with Crippen molar-refractivity contribution in [1.82, 2.24) is 15.5 Å². The van der Waals surface area contributed by atoms with Crippen LogP contribution in [-0.4, -0.2) is 61.7 Å². The van der Waals surface area contributed by atoms with E-state index in [0.717, 1.165) is 37.0 Å². The molecule has 8 nitrogen and oxygen atoms in total. The van der Waals surface area contributed by atoms with E-state index in [1.807, 2.05) is 24.3 Å². The second-order valence-corrected chi connectivity index (χ2v) is 8.43. The molecule has 2 aliphatic heterocycles. The lowest BCUT2D eigenvalue weighted by Crippen LogP contribution is -2.47. The van der Waals surface area contributed by atoms with E-state index in [1.165, 1.54) is 4.90 Å². The zero-order valence-electron chi connectivity index (χ0n) is 17.3. The van der Waals surface area contributed by atoms with E-state index < -0.39 is 6.04 Å². The van der Waals surface area contributed by atoms with Gasteiger partial charge < -0.3 is 20.1 Å². The molecule has 3 fully saturated rings. The predicted molar refractivity (Wildman–Crippen MR) is 109 cm³/mol. The lowest BCUT2D eigenvalue weighted by atomic mass is 9.73. The molecule has 2 saturated heterocycles. The second-order valence-electron chi connectivity index (χ2n) is 8.43. The summed E-state index contributed by atoms with van der Waals surface area (Å²) in [5.74, 6) is 0.455. The van der Waals surface area contributed by atoms with Crippen molar-refractivity contribution in [3.05, 3.63) is 29.8 Å². The third kappa shape index (κ3) is 4.43. The number of imide groups is 1. The molecule has 0 unspecified atom stereocenters. The van der Waals surface area contributed by atoms with Crippen LogP contribution in [-0.2, 0) is 19.7 Å². The summed E-state index contributed by atoms with van der Waals surface area (Å²) >= 11 is 0. The maximum Gasteiger partial charge on any atom is 0.324 e. The molecule has 162 valence electrons. The number of methoxy groups -OCH3 is 1. The Bertz CT molecular complexity index is 799. The van der Waals surface area contributed by atoms with Crippen LogP contribution in [0.5, 0.6) is 5.75 Å². The summed E-state index contributed by atoms with van der Waals surface area (Å²) in [4.78, 5) is 38.9. The van der Waals surface area contributed by atoms with Gasteiger partial charge in [-0.2, -0.15) is 0 Å². The Labute approximate surface area is 176 Å². The summed E-state index contributed by atoms with van der Waals surface area (Å²) in [5, 5.41) is 5.68. The number of nitrogens with one attached hydrogen (secondary N) is 2. The summed E-state index contributed by atoms with van der Waals surface area (Å²) in [6, 6.07) is 7.08. The molecule has 1 aliphatic carbocycles. The van der Waals surface area contributed by atoms with Gasteiger partial charge in [0.1, 0.15) is 11.8 Å². The summed E-state index contributed by atoms with van der Waals surface area (Å²) in [6.45, 7) is 1.47. The minimum atomic E-state index is -0.643. The largest absolute Gasteiger partial charge is 0.497 e. The number of carbonyl (C=O) groups is 3. The van der Waals surface area contributed by atoms with Crippen molar-refractivity contribution in [1.29, 1.82) is 0 Å². The molecule has 2 N–H and O–H groups in total. The summed E-state index contributed by atoms with van der Waals surface area (Å²) in [6.07, 6.45) is 4.05. The van der Waals surface area contributed by atoms with Crippen molar-refractivity contribution in [2.45, 2.75) is 56.0 Å². The van der Waals surface area contributed by atoms with Crippen molar-refractivity contribution in [3.63, 3.8) is 0 Å². The van der Waals surface area contributed by atoms with E-state index in [2.05, 4.69) is 10.6 Å². The zero-order valence-corrected chi connectivity index (χ0v) is 17.3. The number of hydrogen-bond acceptors (Lipinski definition) is 5. The first-order chi connectivity index (χ1) is 14.5. The van der Waals surface area contributed by atoms with Gasteiger partial charge in [-0.15, -0.1) is 0 Å². The van der Waals surface area contributed by atoms with Crippen molar-refractivity contribution in [2.24, 2.45) is 0 Å². The molecule has 1 aromatic rings. The van der Waals surface area contributed by atoms with Crippen LogP contribution in [0.2, 0.25) is 0 Å². The zero-order chi connectivity index (χ0) is 21.1. The summed E-state index contributed by atoms with van der Waals surface area (Å²) < 4.78 is 10.8. The van der Waals surface area contributed by atoms with Crippen LogP contribution in [0.15, 0.2) is 24.3 Å². The fourth-order valence-electron chi connectivity index (χ4n) is 4.27. The lowest BCUT2D eigenvalue weighted by Gasteiger charge is -2.39. The molecule has 0 bridgehead atoms. The topological polar surface area (TPSA) is 97.0 Å². The van der Waals surface area contributed by atoms with Gasteiger partial charge in [-0.3, -0.25) is 14.5 Å². The highest BCUT2D eigenvalue weighted by Gasteiger charge is 2.44. The second kappa shape index (κ2) is 8.63. The van der Waals surface area contributed by atoms with Crippen molar-refractivity contribution in [3.8, 4) is 5.75 Å². The number of carbonyl (C=O) groups excluding carboxylic acids is 3. The Hall–Kier alpha value is -2.61. The Balaban J connectivity index is 1.44. The Morgan fingerprint density at radius 2 is 1.93 bits per heavy atom. The molecule has 30 heavy (non-hydrogen) atoms. The van der Waals surface area contributed by atoms with Gasteiger partial charge in [0.2, 0.25) is 5.91 Å². The molecule has 0 spiro atoms. The fourth-order valence-corrected chi connectivity index (χ4v) is 4.27. The minimum Gasteiger partial charge on any atom is -0.497 e. The SMILES string of the molecule is COc1ccc(C2(CN3C(=O)N[C@@H](CCC(=O)NC4CC4)C3=O)CCOCC2)cc1. The molecule has 0 aromatic heterocycles. The van der Waals surface area contributed by atoms with Gasteiger partial charge in [0, 0.05) is 37.6 Å². The average molecular weight is 415 g/mol. The number of hydrogen-bond donors (Lipinski definition) is 2. The van der Waals surface area contributed by atoms with E-state index in [1.54, 1.807) is 7.11 Å². The van der Waals surface area contributed by atoms with Crippen LogP contribution >= 0.6 is 0 Å². The third-order valence-electron chi connectivity index (χ3n) is 6.32. The first-order valence-corrected chi connectivity index (χ1v) is 10.6. The molecular formula is C22H29N3O5. The van der Waals surface area contributed by atoms with Gasteiger partial charge in [0.25, 0.3) is 5.91 Å². The van der Waals surface area contributed by atoms with E-state index in [4.69, 9.17) is 9.47 Å². The monoisotopic (exact) mass is 415 g/mol. The molecular weight excluding hydrogens is 386 g/mol. The van der Waals surface area contributed by atoms with Crippen molar-refractivity contribution < 1.29 is 23.9 Å². The predicted octanol–water partition coefficient (Wildman–Crippen LogP) is 1.72. The van der Waals surface area contributed by atoms with Gasteiger partial charge >= 0.3 is 6.03 Å². The highest BCUT2D eigenvalue weighted by atomic mass is 16.5. The molecule has 1 atom stereocenters. The van der Waals surface area contributed by atoms with Crippen LogP contribution in [0.25, 0.3) is 0 Å². The Morgan fingerprint density at radius 1 is 1.23 bits per heavy atom. The van der Waals surface area contributed by atoms with Crippen LogP contribution in [0.1, 0.15) is 44.1 Å². The van der Waals surface area contributed by atoms with Crippen molar-refractivity contribution in [2.75, 3.05) is 26.9 Å². The average Bonchev–Trinajstić information content (AvgIpc) is 3.54. The Morgan fingerprint density at radius 3 is 2.57 bits per heavy atom. The fraction of sp³-hybridized carbons (Fsp3) is 0.591. The maximum atomic E-state index is 13.0. The quantitative estimate of drug-likeness (QED) is 0.630. The van der Waals surface area contributed by atoms with E-state index in [9.17, 15) is 14.4 Å². The van der Waals surface area contributed by atoms with E-state index >= 15 is 0 Å². The molecule has 2 heterocycles. The number of benzene rings is 1. The molecule has 4 amide bonds. The number of amides is 4. The van der Waals surface area contributed by atoms with Gasteiger partial charge in [-0.05, 0) is 49.8 Å². The third-order valence-corrected chi connectivity index (χ3v) is 6.32. The highest BCUT2D eigenvalue weighted by Crippen LogP contribution is 2.37. The Kier molecular flexibility index (Phi) is 5.94. The maximum absolute atomic E-state index is 13.0. The molecule has 8 heteroatoms. The van der Waals surface area contributed by atoms with Gasteiger partial charge in [0.15, 0.2) is 0 Å². The highest BCUT2D eigenvalue weighted by molar-refractivity contribution is 6.04. The minimum absolute atomic E-state index is 0.0582. The summed E-state index contributed by atoms with van der Waals surface area (Å²) in [5.41, 5.74) is 0.718. The summed E-state index contributed by atoms with van der Waals surface area (Å²) in [7, 11) is 1.62. The number of ether oxygens (including phenoxy) is 2. The van der Waals surface area contributed by atoms with Crippen LogP contribution in [0, 0.1) is 0 Å². The van der Waals surface area contributed by atoms with Crippen LogP contribution < -0.4 is 15.4 Å². The van der Waals surface area contributed by atoms with Gasteiger partial charge in [0.05, 0.1) is 7.11 Å². The van der Waals surface area contributed by atoms with Gasteiger partial charge in [-0.25, -0.2) is 4.79 Å². The van der Waals surface area contributed by atoms with E-state index in [0.29, 0.717) is 32.2 Å². The molecule has 1 aromatic carbocycles. The molecule has 0 radical (unpaired) electrons. The van der Waals surface area contributed by atoms with Crippen LogP contribution in [0.4, 0.5) is 4.79 Å². The number of rotatable bonds is 8. The van der Waals surface area contributed by atoms with Crippen LogP contribution in [0.3, 0.4) is 0 Å². The molecule has 4 rings (SSSR count). The van der Waals surface area contributed by atoms with Crippen molar-refractivity contribution >= 4 is 17.8 Å². The first-order valence-electron chi connectivity index (χ1n) is 10.6. The first kappa shape index (κ1) is 20.7. The van der Waals surface area contributed by atoms with E-state index in [-0.39, 0.29) is 29.7 Å². The smallest absolute Gasteiger partial charge is 0.324 e. The number of urea groups is 1. The lowest BCUT2D eigenvalue weighted by molar-refractivity contribution is -0.129. The standard InChI is InChI=1S/C22H29N3O5/c1-29-17-6-2-15(3-7-17)22(10-12-30-13-11-22)14-25-20(27)18(24-21(25)28)8-9-19(26)23-16-4-5-16/h2-3,6-7,16,18H,4-5,8-14H2,1H3,(H,23,26)(H,24,28)/t18-/m0/s1.